The zero-order chi connectivity index (χ0) is 14.6. The second-order valence-electron chi connectivity index (χ2n) is 5.86. The fraction of sp³-hybridized carbons (Fsp3) is 0.588. The van der Waals surface area contributed by atoms with Crippen LogP contribution in [-0.4, -0.2) is 11.9 Å². The van der Waals surface area contributed by atoms with Gasteiger partial charge in [-0.3, -0.25) is 4.79 Å². The Bertz CT molecular complexity index is 442. The third-order valence-electron chi connectivity index (χ3n) is 4.72. The summed E-state index contributed by atoms with van der Waals surface area (Å²) in [6.45, 7) is 4.18. The first-order valence-electron chi connectivity index (χ1n) is 7.76. The van der Waals surface area contributed by atoms with E-state index in [1.165, 1.54) is 6.42 Å². The quantitative estimate of drug-likeness (QED) is 0.838. The van der Waals surface area contributed by atoms with Gasteiger partial charge in [0.25, 0.3) is 0 Å². The van der Waals surface area contributed by atoms with Crippen molar-refractivity contribution in [3.8, 4) is 0 Å². The summed E-state index contributed by atoms with van der Waals surface area (Å²) in [5.74, 6) is 0.392. The van der Waals surface area contributed by atoms with Gasteiger partial charge in [0.2, 0.25) is 5.91 Å². The van der Waals surface area contributed by atoms with E-state index < -0.39 is 5.54 Å². The molecule has 1 amide bonds. The summed E-state index contributed by atoms with van der Waals surface area (Å²) in [5.41, 5.74) is 7.28. The van der Waals surface area contributed by atoms with Crippen molar-refractivity contribution in [1.29, 1.82) is 0 Å². The average Bonchev–Trinajstić information content (AvgIpc) is 2.43. The largest absolute Gasteiger partial charge is 0.351 e. The van der Waals surface area contributed by atoms with Gasteiger partial charge in [0.05, 0.1) is 11.6 Å². The number of hydrogen-bond donors (Lipinski definition) is 2. The molecule has 0 radical (unpaired) electrons. The first-order chi connectivity index (χ1) is 9.61. The smallest absolute Gasteiger partial charge is 0.223 e. The minimum absolute atomic E-state index is 0.0111. The molecular formula is C17H26N2O. The Balaban J connectivity index is 2.16. The second-order valence-corrected chi connectivity index (χ2v) is 5.86. The number of nitrogens with one attached hydrogen (secondary N) is 1. The monoisotopic (exact) mass is 274 g/mol. The SMILES string of the molecule is CCC(NC(=O)C1CCC1)C(N)(CC)c1ccccc1. The summed E-state index contributed by atoms with van der Waals surface area (Å²) in [5, 5.41) is 3.19. The molecule has 1 aliphatic rings. The van der Waals surface area contributed by atoms with E-state index in [1.807, 2.05) is 18.2 Å². The lowest BCUT2D eigenvalue weighted by atomic mass is 9.79. The first-order valence-corrected chi connectivity index (χ1v) is 7.76. The van der Waals surface area contributed by atoms with Gasteiger partial charge in [0.1, 0.15) is 0 Å². The highest BCUT2D eigenvalue weighted by Crippen LogP contribution is 2.30. The highest BCUT2D eigenvalue weighted by molar-refractivity contribution is 5.79. The topological polar surface area (TPSA) is 55.1 Å². The molecule has 1 aliphatic carbocycles. The molecule has 1 aromatic rings. The lowest BCUT2D eigenvalue weighted by Gasteiger charge is -2.39. The van der Waals surface area contributed by atoms with Crippen molar-refractivity contribution in [3.05, 3.63) is 35.9 Å². The van der Waals surface area contributed by atoms with E-state index in [-0.39, 0.29) is 17.9 Å². The van der Waals surface area contributed by atoms with Crippen LogP contribution in [0, 0.1) is 5.92 Å². The van der Waals surface area contributed by atoms with E-state index in [4.69, 9.17) is 5.73 Å². The van der Waals surface area contributed by atoms with Crippen LogP contribution in [0.1, 0.15) is 51.5 Å². The maximum atomic E-state index is 12.2. The normalized spacial score (nSPS) is 19.8. The van der Waals surface area contributed by atoms with Crippen LogP contribution in [0.15, 0.2) is 30.3 Å². The molecule has 20 heavy (non-hydrogen) atoms. The molecule has 3 nitrogen and oxygen atoms in total. The van der Waals surface area contributed by atoms with Crippen molar-refractivity contribution >= 4 is 5.91 Å². The van der Waals surface area contributed by atoms with Gasteiger partial charge in [-0.1, -0.05) is 50.6 Å². The van der Waals surface area contributed by atoms with E-state index >= 15 is 0 Å². The third-order valence-corrected chi connectivity index (χ3v) is 4.72. The Morgan fingerprint density at radius 1 is 1.35 bits per heavy atom. The van der Waals surface area contributed by atoms with Crippen molar-refractivity contribution in [2.24, 2.45) is 11.7 Å². The molecule has 110 valence electrons. The highest BCUT2D eigenvalue weighted by atomic mass is 16.2. The molecule has 2 rings (SSSR count). The Morgan fingerprint density at radius 2 is 2.00 bits per heavy atom. The lowest BCUT2D eigenvalue weighted by molar-refractivity contribution is -0.128. The van der Waals surface area contributed by atoms with Gasteiger partial charge in [0, 0.05) is 5.92 Å². The molecule has 3 N–H and O–H groups in total. The summed E-state index contributed by atoms with van der Waals surface area (Å²) in [6, 6.07) is 10.1. The van der Waals surface area contributed by atoms with Crippen LogP contribution in [0.4, 0.5) is 0 Å². The van der Waals surface area contributed by atoms with Gasteiger partial charge in [-0.05, 0) is 31.2 Å². The molecule has 3 heteroatoms. The molecule has 0 heterocycles. The van der Waals surface area contributed by atoms with Gasteiger partial charge >= 0.3 is 0 Å². The van der Waals surface area contributed by atoms with Crippen molar-refractivity contribution in [3.63, 3.8) is 0 Å². The minimum atomic E-state index is -0.491. The molecule has 1 fully saturated rings. The summed E-state index contributed by atoms with van der Waals surface area (Å²) in [4.78, 5) is 12.2. The Kier molecular flexibility index (Phi) is 4.81. The Morgan fingerprint density at radius 3 is 2.45 bits per heavy atom. The molecule has 2 atom stereocenters. The van der Waals surface area contributed by atoms with E-state index in [1.54, 1.807) is 0 Å². The molecule has 0 bridgehead atoms. The Labute approximate surface area is 121 Å². The summed E-state index contributed by atoms with van der Waals surface area (Å²) in [7, 11) is 0. The predicted molar refractivity (Wildman–Crippen MR) is 82.2 cm³/mol. The zero-order valence-corrected chi connectivity index (χ0v) is 12.6. The molecular weight excluding hydrogens is 248 g/mol. The summed E-state index contributed by atoms with van der Waals surface area (Å²) in [6.07, 6.45) is 4.88. The maximum Gasteiger partial charge on any atom is 0.223 e. The van der Waals surface area contributed by atoms with Crippen molar-refractivity contribution in [2.75, 3.05) is 0 Å². The van der Waals surface area contributed by atoms with Gasteiger partial charge in [0.15, 0.2) is 0 Å². The Hall–Kier alpha value is -1.35. The molecule has 2 unspecified atom stereocenters. The van der Waals surface area contributed by atoms with Crippen LogP contribution >= 0.6 is 0 Å². The molecule has 0 aromatic heterocycles. The van der Waals surface area contributed by atoms with E-state index in [2.05, 4.69) is 31.3 Å². The first kappa shape index (κ1) is 15.0. The minimum Gasteiger partial charge on any atom is -0.351 e. The van der Waals surface area contributed by atoms with Crippen molar-refractivity contribution in [2.45, 2.75) is 57.5 Å². The van der Waals surface area contributed by atoms with Gasteiger partial charge in [-0.25, -0.2) is 0 Å². The number of hydrogen-bond acceptors (Lipinski definition) is 2. The molecule has 0 spiro atoms. The van der Waals surface area contributed by atoms with Gasteiger partial charge < -0.3 is 11.1 Å². The second kappa shape index (κ2) is 6.40. The van der Waals surface area contributed by atoms with Crippen molar-refractivity contribution in [1.82, 2.24) is 5.32 Å². The van der Waals surface area contributed by atoms with Crippen LogP contribution in [-0.2, 0) is 10.3 Å². The van der Waals surface area contributed by atoms with E-state index in [0.717, 1.165) is 31.2 Å². The zero-order valence-electron chi connectivity index (χ0n) is 12.6. The fourth-order valence-corrected chi connectivity index (χ4v) is 2.96. The van der Waals surface area contributed by atoms with Crippen LogP contribution in [0.25, 0.3) is 0 Å². The number of benzene rings is 1. The average molecular weight is 274 g/mol. The number of nitrogens with two attached hydrogens (primary N) is 1. The fourth-order valence-electron chi connectivity index (χ4n) is 2.96. The van der Waals surface area contributed by atoms with E-state index in [9.17, 15) is 4.79 Å². The molecule has 1 saturated carbocycles. The molecule has 0 saturated heterocycles. The number of carbonyl (C=O) groups is 1. The van der Waals surface area contributed by atoms with Gasteiger partial charge in [-0.15, -0.1) is 0 Å². The number of amides is 1. The third kappa shape index (κ3) is 2.88. The number of carbonyl (C=O) groups excluding carboxylic acids is 1. The molecule has 0 aliphatic heterocycles. The van der Waals surface area contributed by atoms with Crippen LogP contribution in [0.2, 0.25) is 0 Å². The van der Waals surface area contributed by atoms with E-state index in [0.29, 0.717) is 0 Å². The van der Waals surface area contributed by atoms with Crippen LogP contribution in [0.5, 0.6) is 0 Å². The molecule has 1 aromatic carbocycles. The summed E-state index contributed by atoms with van der Waals surface area (Å²) < 4.78 is 0. The maximum absolute atomic E-state index is 12.2. The highest BCUT2D eigenvalue weighted by Gasteiger charge is 2.36. The number of rotatable bonds is 6. The standard InChI is InChI=1S/C17H26N2O/c1-3-15(19-16(20)13-9-8-10-13)17(18,4-2)14-11-6-5-7-12-14/h5-7,11-13,15H,3-4,8-10,18H2,1-2H3,(H,19,20). The lowest BCUT2D eigenvalue weighted by Crippen LogP contribution is -2.57. The van der Waals surface area contributed by atoms with Crippen LogP contribution < -0.4 is 11.1 Å². The van der Waals surface area contributed by atoms with Gasteiger partial charge in [-0.2, -0.15) is 0 Å². The summed E-state index contributed by atoms with van der Waals surface area (Å²) >= 11 is 0. The van der Waals surface area contributed by atoms with Crippen LogP contribution in [0.3, 0.4) is 0 Å². The van der Waals surface area contributed by atoms with Crippen molar-refractivity contribution < 1.29 is 4.79 Å². The predicted octanol–water partition coefficient (Wildman–Crippen LogP) is 2.95.